The molecule has 0 bridgehead atoms. The van der Waals surface area contributed by atoms with Gasteiger partial charge in [0.15, 0.2) is 15.8 Å². The van der Waals surface area contributed by atoms with Crippen LogP contribution < -0.4 is 10.6 Å². The first-order chi connectivity index (χ1) is 11.2. The maximum atomic E-state index is 11.6. The molecule has 0 aromatic rings. The molecule has 2 N–H and O–H groups in total. The SMILES string of the molecule is CC(C)NC(=NCC1CCS(=O)(=O)C1)NCC1CCC(C)(C)CC1.I. The van der Waals surface area contributed by atoms with E-state index < -0.39 is 9.84 Å². The summed E-state index contributed by atoms with van der Waals surface area (Å²) < 4.78 is 23.1. The van der Waals surface area contributed by atoms with E-state index in [1.165, 1.54) is 25.7 Å². The van der Waals surface area contributed by atoms with Gasteiger partial charge in [-0.2, -0.15) is 0 Å². The van der Waals surface area contributed by atoms with Gasteiger partial charge in [0.25, 0.3) is 0 Å². The van der Waals surface area contributed by atoms with E-state index in [2.05, 4.69) is 43.3 Å². The molecule has 1 saturated heterocycles. The molecule has 0 aromatic carbocycles. The van der Waals surface area contributed by atoms with Crippen molar-refractivity contribution >= 4 is 39.8 Å². The number of halogens is 1. The molecule has 2 fully saturated rings. The maximum absolute atomic E-state index is 11.6. The van der Waals surface area contributed by atoms with E-state index in [4.69, 9.17) is 0 Å². The molecule has 1 heterocycles. The molecule has 1 unspecified atom stereocenters. The Labute approximate surface area is 171 Å². The third kappa shape index (κ3) is 8.45. The molecule has 25 heavy (non-hydrogen) atoms. The number of nitrogens with zero attached hydrogens (tertiary/aromatic N) is 1. The largest absolute Gasteiger partial charge is 0.356 e. The molecular weight excluding hydrogens is 449 g/mol. The lowest BCUT2D eigenvalue weighted by Crippen LogP contribution is -2.44. The van der Waals surface area contributed by atoms with Crippen LogP contribution in [0.15, 0.2) is 4.99 Å². The van der Waals surface area contributed by atoms with E-state index in [9.17, 15) is 8.42 Å². The standard InChI is InChI=1S/C18H35N3O2S.HI/c1-14(2)21-17(20-12-16-7-10-24(22,23)13-16)19-11-15-5-8-18(3,4)9-6-15;/h14-16H,5-13H2,1-4H3,(H2,19,20,21);1H. The minimum Gasteiger partial charge on any atom is -0.356 e. The van der Waals surface area contributed by atoms with Crippen molar-refractivity contribution in [3.05, 3.63) is 0 Å². The van der Waals surface area contributed by atoms with Crippen molar-refractivity contribution < 1.29 is 8.42 Å². The molecule has 2 rings (SSSR count). The van der Waals surface area contributed by atoms with Crippen LogP contribution in [0.4, 0.5) is 0 Å². The number of rotatable bonds is 5. The Balaban J connectivity index is 0.00000312. The lowest BCUT2D eigenvalue weighted by Gasteiger charge is -2.34. The van der Waals surface area contributed by atoms with Crippen LogP contribution in [-0.4, -0.2) is 45.0 Å². The summed E-state index contributed by atoms with van der Waals surface area (Å²) in [6, 6.07) is 0.314. The third-order valence-electron chi connectivity index (χ3n) is 5.28. The van der Waals surface area contributed by atoms with Gasteiger partial charge in [0.1, 0.15) is 0 Å². The fourth-order valence-electron chi connectivity index (χ4n) is 3.57. The average molecular weight is 485 g/mol. The lowest BCUT2D eigenvalue weighted by atomic mass is 9.73. The number of aliphatic imine (C=N–C) groups is 1. The highest BCUT2D eigenvalue weighted by Gasteiger charge is 2.28. The van der Waals surface area contributed by atoms with Crippen molar-refractivity contribution in [1.82, 2.24) is 10.6 Å². The van der Waals surface area contributed by atoms with Gasteiger partial charge in [-0.05, 0) is 63.2 Å². The molecule has 0 amide bonds. The molecule has 0 spiro atoms. The molecule has 1 aliphatic heterocycles. The molecule has 0 aromatic heterocycles. The first-order valence-corrected chi connectivity index (χ1v) is 11.2. The van der Waals surface area contributed by atoms with Crippen LogP contribution in [0, 0.1) is 17.3 Å². The van der Waals surface area contributed by atoms with E-state index in [0.717, 1.165) is 18.9 Å². The highest BCUT2D eigenvalue weighted by Crippen LogP contribution is 2.37. The zero-order valence-corrected chi connectivity index (χ0v) is 19.3. The van der Waals surface area contributed by atoms with Crippen molar-refractivity contribution in [3.63, 3.8) is 0 Å². The Kier molecular flexibility index (Phi) is 8.98. The van der Waals surface area contributed by atoms with Gasteiger partial charge >= 0.3 is 0 Å². The summed E-state index contributed by atoms with van der Waals surface area (Å²) in [6.45, 7) is 10.5. The first-order valence-electron chi connectivity index (χ1n) is 9.40. The average Bonchev–Trinajstić information content (AvgIpc) is 2.82. The van der Waals surface area contributed by atoms with Crippen LogP contribution in [-0.2, 0) is 9.84 Å². The van der Waals surface area contributed by atoms with Gasteiger partial charge in [0.2, 0.25) is 0 Å². The zero-order valence-electron chi connectivity index (χ0n) is 16.2. The van der Waals surface area contributed by atoms with Crippen molar-refractivity contribution in [3.8, 4) is 0 Å². The van der Waals surface area contributed by atoms with Gasteiger partial charge in [0.05, 0.1) is 11.5 Å². The van der Waals surface area contributed by atoms with Crippen molar-refractivity contribution in [2.75, 3.05) is 24.6 Å². The fraction of sp³-hybridized carbons (Fsp3) is 0.944. The van der Waals surface area contributed by atoms with E-state index in [1.807, 2.05) is 0 Å². The Bertz CT molecular complexity index is 537. The molecule has 2 aliphatic rings. The molecule has 1 saturated carbocycles. The Morgan fingerprint density at radius 1 is 1.16 bits per heavy atom. The van der Waals surface area contributed by atoms with Crippen molar-refractivity contribution in [2.24, 2.45) is 22.2 Å². The van der Waals surface area contributed by atoms with Gasteiger partial charge in [-0.1, -0.05) is 13.8 Å². The van der Waals surface area contributed by atoms with Crippen LogP contribution in [0.2, 0.25) is 0 Å². The molecule has 148 valence electrons. The van der Waals surface area contributed by atoms with E-state index in [1.54, 1.807) is 0 Å². The van der Waals surface area contributed by atoms with Crippen LogP contribution >= 0.6 is 24.0 Å². The third-order valence-corrected chi connectivity index (χ3v) is 7.11. The highest BCUT2D eigenvalue weighted by molar-refractivity contribution is 14.0. The van der Waals surface area contributed by atoms with Crippen LogP contribution in [0.5, 0.6) is 0 Å². The molecule has 1 atom stereocenters. The van der Waals surface area contributed by atoms with Gasteiger partial charge in [0, 0.05) is 19.1 Å². The number of hydrogen-bond donors (Lipinski definition) is 2. The lowest BCUT2D eigenvalue weighted by molar-refractivity contribution is 0.192. The summed E-state index contributed by atoms with van der Waals surface area (Å²) in [4.78, 5) is 4.65. The summed E-state index contributed by atoms with van der Waals surface area (Å²) in [5, 5.41) is 6.85. The fourth-order valence-corrected chi connectivity index (χ4v) is 5.42. The summed E-state index contributed by atoms with van der Waals surface area (Å²) >= 11 is 0. The number of nitrogens with one attached hydrogen (secondary N) is 2. The van der Waals surface area contributed by atoms with E-state index in [-0.39, 0.29) is 29.9 Å². The van der Waals surface area contributed by atoms with Gasteiger partial charge < -0.3 is 10.6 Å². The first kappa shape index (κ1) is 23.0. The Morgan fingerprint density at radius 2 is 1.80 bits per heavy atom. The zero-order chi connectivity index (χ0) is 17.8. The summed E-state index contributed by atoms with van der Waals surface area (Å²) in [5.74, 6) is 2.34. The minimum atomic E-state index is -2.82. The monoisotopic (exact) mass is 485 g/mol. The van der Waals surface area contributed by atoms with Crippen LogP contribution in [0.1, 0.15) is 59.8 Å². The number of guanidine groups is 1. The summed E-state index contributed by atoms with van der Waals surface area (Å²) in [7, 11) is -2.82. The predicted octanol–water partition coefficient (Wildman–Crippen LogP) is 3.20. The molecule has 1 aliphatic carbocycles. The van der Waals surface area contributed by atoms with E-state index in [0.29, 0.717) is 35.4 Å². The smallest absolute Gasteiger partial charge is 0.191 e. The predicted molar refractivity (Wildman–Crippen MR) is 116 cm³/mol. The molecular formula is C18H36IN3O2S. The summed E-state index contributed by atoms with van der Waals surface area (Å²) in [5.41, 5.74) is 0.498. The topological polar surface area (TPSA) is 70.6 Å². The van der Waals surface area contributed by atoms with Crippen LogP contribution in [0.3, 0.4) is 0 Å². The van der Waals surface area contributed by atoms with E-state index >= 15 is 0 Å². The molecule has 7 heteroatoms. The van der Waals surface area contributed by atoms with Crippen molar-refractivity contribution in [2.45, 2.75) is 65.8 Å². The Hall–Kier alpha value is -0.0500. The highest BCUT2D eigenvalue weighted by atomic mass is 127. The second kappa shape index (κ2) is 9.76. The maximum Gasteiger partial charge on any atom is 0.191 e. The second-order valence-corrected chi connectivity index (χ2v) is 11.0. The number of hydrogen-bond acceptors (Lipinski definition) is 3. The van der Waals surface area contributed by atoms with Gasteiger partial charge in [-0.25, -0.2) is 8.42 Å². The Morgan fingerprint density at radius 3 is 2.32 bits per heavy atom. The van der Waals surface area contributed by atoms with Crippen molar-refractivity contribution in [1.29, 1.82) is 0 Å². The van der Waals surface area contributed by atoms with Gasteiger partial charge in [-0.3, -0.25) is 4.99 Å². The molecule has 0 radical (unpaired) electrons. The van der Waals surface area contributed by atoms with Gasteiger partial charge in [-0.15, -0.1) is 24.0 Å². The van der Waals surface area contributed by atoms with Crippen LogP contribution in [0.25, 0.3) is 0 Å². The summed E-state index contributed by atoms with van der Waals surface area (Å²) in [6.07, 6.45) is 5.89. The quantitative estimate of drug-likeness (QED) is 0.357. The normalized spacial score (nSPS) is 26.3. The number of sulfone groups is 1. The minimum absolute atomic E-state index is 0. The second-order valence-electron chi connectivity index (χ2n) is 8.75. The molecule has 5 nitrogen and oxygen atoms in total.